The van der Waals surface area contributed by atoms with Gasteiger partial charge in [0, 0.05) is 6.61 Å². The first kappa shape index (κ1) is 12.6. The fourth-order valence-corrected chi connectivity index (χ4v) is 1.31. The summed E-state index contributed by atoms with van der Waals surface area (Å²) in [5.74, 6) is -0.500. The third kappa shape index (κ3) is 2.79. The number of aromatic nitrogens is 2. The topological polar surface area (TPSA) is 85.5 Å². The van der Waals surface area contributed by atoms with Crippen LogP contribution in [0, 0.1) is 0 Å². The van der Waals surface area contributed by atoms with Crippen molar-refractivity contribution in [1.82, 2.24) is 10.1 Å². The normalized spacial score (nSPS) is 14.7. The fraction of sp³-hybridized carbons (Fsp3) is 0.700. The maximum atomic E-state index is 10.5. The number of carbonyl (C=O) groups is 1. The number of hydrogen-bond acceptors (Lipinski definition) is 5. The van der Waals surface area contributed by atoms with Crippen molar-refractivity contribution < 1.29 is 19.2 Å². The zero-order valence-corrected chi connectivity index (χ0v) is 9.69. The molecule has 1 heterocycles. The van der Waals surface area contributed by atoms with Gasteiger partial charge < -0.3 is 14.4 Å². The van der Waals surface area contributed by atoms with Crippen molar-refractivity contribution in [1.29, 1.82) is 0 Å². The van der Waals surface area contributed by atoms with Crippen LogP contribution >= 0.6 is 0 Å². The summed E-state index contributed by atoms with van der Waals surface area (Å²) in [6.07, 6.45) is 0.422. The molecular formula is C10H16N2O4. The lowest BCUT2D eigenvalue weighted by atomic mass is 10.0. The summed E-state index contributed by atoms with van der Waals surface area (Å²) < 4.78 is 10.4. The number of hydrogen-bond donors (Lipinski definition) is 1. The highest BCUT2D eigenvalue weighted by Crippen LogP contribution is 2.26. The summed E-state index contributed by atoms with van der Waals surface area (Å²) in [4.78, 5) is 14.5. The molecule has 0 saturated heterocycles. The van der Waals surface area contributed by atoms with Crippen molar-refractivity contribution in [3.63, 3.8) is 0 Å². The summed E-state index contributed by atoms with van der Waals surface area (Å²) in [5, 5.41) is 12.3. The Hall–Kier alpha value is -1.43. The number of carboxylic acid groups (broad SMARTS) is 1. The molecule has 0 amide bonds. The SMILES string of the molecule is CCOC(C)(CC)c1noc(CC(=O)O)n1. The molecule has 1 aromatic rings. The number of nitrogens with zero attached hydrogens (tertiary/aromatic N) is 2. The Morgan fingerprint density at radius 3 is 2.75 bits per heavy atom. The van der Waals surface area contributed by atoms with E-state index in [9.17, 15) is 4.79 Å². The standard InChI is InChI=1S/C10H16N2O4/c1-4-10(3,15-5-2)9-11-7(16-12-9)6-8(13)14/h4-6H2,1-3H3,(H,13,14). The van der Waals surface area contributed by atoms with Crippen LogP contribution in [0.5, 0.6) is 0 Å². The summed E-state index contributed by atoms with van der Waals surface area (Å²) in [5.41, 5.74) is -0.616. The van der Waals surface area contributed by atoms with Crippen LogP contribution in [-0.2, 0) is 21.6 Å². The molecule has 1 atom stereocenters. The van der Waals surface area contributed by atoms with Gasteiger partial charge in [-0.15, -0.1) is 0 Å². The average Bonchev–Trinajstić information content (AvgIpc) is 2.66. The number of ether oxygens (including phenoxy) is 1. The van der Waals surface area contributed by atoms with Gasteiger partial charge in [0.25, 0.3) is 0 Å². The number of rotatable bonds is 6. The van der Waals surface area contributed by atoms with Crippen molar-refractivity contribution >= 4 is 5.97 Å². The van der Waals surface area contributed by atoms with E-state index in [1.807, 2.05) is 20.8 Å². The van der Waals surface area contributed by atoms with E-state index in [1.165, 1.54) is 0 Å². The molecule has 16 heavy (non-hydrogen) atoms. The molecule has 1 N–H and O–H groups in total. The molecule has 0 saturated carbocycles. The van der Waals surface area contributed by atoms with Crippen LogP contribution in [0.1, 0.15) is 38.9 Å². The highest BCUT2D eigenvalue weighted by atomic mass is 16.5. The van der Waals surface area contributed by atoms with E-state index in [0.717, 1.165) is 0 Å². The van der Waals surface area contributed by atoms with Crippen molar-refractivity contribution in [3.05, 3.63) is 11.7 Å². The van der Waals surface area contributed by atoms with E-state index < -0.39 is 11.6 Å². The second kappa shape index (κ2) is 5.07. The molecule has 0 radical (unpaired) electrons. The van der Waals surface area contributed by atoms with E-state index in [4.69, 9.17) is 14.4 Å². The maximum absolute atomic E-state index is 10.5. The molecule has 1 rings (SSSR count). The van der Waals surface area contributed by atoms with Crippen LogP contribution in [0.15, 0.2) is 4.52 Å². The lowest BCUT2D eigenvalue weighted by Gasteiger charge is -2.23. The highest BCUT2D eigenvalue weighted by molar-refractivity contribution is 5.68. The predicted molar refractivity (Wildman–Crippen MR) is 54.9 cm³/mol. The number of aliphatic carboxylic acids is 1. The van der Waals surface area contributed by atoms with Gasteiger partial charge in [0.1, 0.15) is 12.0 Å². The van der Waals surface area contributed by atoms with Gasteiger partial charge in [-0.1, -0.05) is 12.1 Å². The van der Waals surface area contributed by atoms with E-state index in [-0.39, 0.29) is 12.3 Å². The molecule has 0 fully saturated rings. The second-order valence-corrected chi connectivity index (χ2v) is 3.60. The maximum Gasteiger partial charge on any atom is 0.312 e. The van der Waals surface area contributed by atoms with Crippen LogP contribution in [0.4, 0.5) is 0 Å². The highest BCUT2D eigenvalue weighted by Gasteiger charge is 2.31. The molecule has 6 heteroatoms. The average molecular weight is 228 g/mol. The van der Waals surface area contributed by atoms with Gasteiger partial charge in [-0.3, -0.25) is 4.79 Å². The summed E-state index contributed by atoms with van der Waals surface area (Å²) in [7, 11) is 0. The van der Waals surface area contributed by atoms with Crippen molar-refractivity contribution in [2.24, 2.45) is 0 Å². The number of carboxylic acids is 1. The summed E-state index contributed by atoms with van der Waals surface area (Å²) in [6.45, 7) is 6.22. The molecular weight excluding hydrogens is 212 g/mol. The van der Waals surface area contributed by atoms with Crippen LogP contribution < -0.4 is 0 Å². The minimum atomic E-state index is -0.996. The van der Waals surface area contributed by atoms with Crippen LogP contribution in [0.25, 0.3) is 0 Å². The van der Waals surface area contributed by atoms with E-state index in [0.29, 0.717) is 18.9 Å². The molecule has 1 aromatic heterocycles. The van der Waals surface area contributed by atoms with Crippen molar-refractivity contribution in [2.45, 2.75) is 39.2 Å². The summed E-state index contributed by atoms with van der Waals surface area (Å²) in [6, 6.07) is 0. The zero-order valence-electron chi connectivity index (χ0n) is 9.69. The smallest absolute Gasteiger partial charge is 0.312 e. The second-order valence-electron chi connectivity index (χ2n) is 3.60. The van der Waals surface area contributed by atoms with Crippen LogP contribution in [0.2, 0.25) is 0 Å². The van der Waals surface area contributed by atoms with Gasteiger partial charge in [0.05, 0.1) is 0 Å². The minimum Gasteiger partial charge on any atom is -0.481 e. The first-order valence-electron chi connectivity index (χ1n) is 5.20. The van der Waals surface area contributed by atoms with E-state index in [2.05, 4.69) is 10.1 Å². The first-order chi connectivity index (χ1) is 7.51. The molecule has 0 aromatic carbocycles. The Kier molecular flexibility index (Phi) is 4.00. The third-order valence-corrected chi connectivity index (χ3v) is 2.38. The zero-order chi connectivity index (χ0) is 12.2. The first-order valence-corrected chi connectivity index (χ1v) is 5.20. The molecule has 0 aliphatic heterocycles. The lowest BCUT2D eigenvalue weighted by molar-refractivity contribution is -0.136. The van der Waals surface area contributed by atoms with Crippen molar-refractivity contribution in [3.8, 4) is 0 Å². The molecule has 6 nitrogen and oxygen atoms in total. The lowest BCUT2D eigenvalue weighted by Crippen LogP contribution is -2.26. The third-order valence-electron chi connectivity index (χ3n) is 2.38. The van der Waals surface area contributed by atoms with Gasteiger partial charge in [-0.05, 0) is 20.3 Å². The Bertz CT molecular complexity index is 363. The monoisotopic (exact) mass is 228 g/mol. The van der Waals surface area contributed by atoms with E-state index >= 15 is 0 Å². The Morgan fingerprint density at radius 2 is 2.25 bits per heavy atom. The minimum absolute atomic E-state index is 0.0990. The predicted octanol–water partition coefficient (Wildman–Crippen LogP) is 1.36. The van der Waals surface area contributed by atoms with Gasteiger partial charge in [-0.2, -0.15) is 4.98 Å². The van der Waals surface area contributed by atoms with Crippen LogP contribution in [0.3, 0.4) is 0 Å². The fourth-order valence-electron chi connectivity index (χ4n) is 1.31. The van der Waals surface area contributed by atoms with Gasteiger partial charge in [-0.25, -0.2) is 0 Å². The molecule has 90 valence electrons. The quantitative estimate of drug-likeness (QED) is 0.791. The molecule has 1 unspecified atom stereocenters. The molecule has 0 spiro atoms. The van der Waals surface area contributed by atoms with Gasteiger partial charge in [0.2, 0.25) is 11.7 Å². The molecule has 0 aliphatic carbocycles. The Morgan fingerprint density at radius 1 is 1.56 bits per heavy atom. The largest absolute Gasteiger partial charge is 0.481 e. The van der Waals surface area contributed by atoms with Gasteiger partial charge >= 0.3 is 5.97 Å². The Labute approximate surface area is 93.6 Å². The van der Waals surface area contributed by atoms with Crippen LogP contribution in [-0.4, -0.2) is 27.8 Å². The molecule has 0 bridgehead atoms. The summed E-state index contributed by atoms with van der Waals surface area (Å²) >= 11 is 0. The molecule has 0 aliphatic rings. The van der Waals surface area contributed by atoms with Crippen molar-refractivity contribution in [2.75, 3.05) is 6.61 Å². The Balaban J connectivity index is 2.86. The van der Waals surface area contributed by atoms with E-state index in [1.54, 1.807) is 0 Å². The van der Waals surface area contributed by atoms with Gasteiger partial charge in [0.15, 0.2) is 0 Å².